The molecule has 1 amide bonds. The van der Waals surface area contributed by atoms with Gasteiger partial charge in [-0.25, -0.2) is 8.42 Å². The number of nitrogens with one attached hydrogen (secondary N) is 1. The number of hydrogen-bond donors (Lipinski definition) is 1. The molecule has 180 valence electrons. The van der Waals surface area contributed by atoms with Crippen LogP contribution in [0.5, 0.6) is 0 Å². The zero-order chi connectivity index (χ0) is 22.7. The van der Waals surface area contributed by atoms with Crippen molar-refractivity contribution in [2.75, 3.05) is 45.6 Å². The molecule has 2 atom stereocenters. The third kappa shape index (κ3) is 5.89. The first-order valence-corrected chi connectivity index (χ1v) is 13.4. The van der Waals surface area contributed by atoms with E-state index in [-0.39, 0.29) is 29.7 Å². The van der Waals surface area contributed by atoms with Crippen molar-refractivity contribution in [2.24, 2.45) is 5.92 Å². The number of carbonyl (C=O) groups excluding carboxylic acids is 1. The molecule has 2 saturated heterocycles. The molecule has 4 rings (SSSR count). The average molecular weight is 469 g/mol. The number of sulfonamides is 1. The van der Waals surface area contributed by atoms with Crippen LogP contribution in [0, 0.1) is 5.92 Å². The van der Waals surface area contributed by atoms with Crippen LogP contribution in [0.25, 0.3) is 0 Å². The maximum Gasteiger partial charge on any atom is 0.273 e. The van der Waals surface area contributed by atoms with Gasteiger partial charge in [-0.1, -0.05) is 5.16 Å². The second-order valence-electron chi connectivity index (χ2n) is 9.60. The molecule has 3 fully saturated rings. The smallest absolute Gasteiger partial charge is 0.273 e. The van der Waals surface area contributed by atoms with E-state index in [9.17, 15) is 13.2 Å². The number of ether oxygens (including phenoxy) is 1. The molecule has 0 radical (unpaired) electrons. The van der Waals surface area contributed by atoms with Gasteiger partial charge in [0.2, 0.25) is 10.0 Å². The Morgan fingerprint density at radius 3 is 2.62 bits per heavy atom. The number of carbonyl (C=O) groups is 1. The summed E-state index contributed by atoms with van der Waals surface area (Å²) in [4.78, 5) is 14.9. The summed E-state index contributed by atoms with van der Waals surface area (Å²) in [5, 5.41) is 6.91. The second kappa shape index (κ2) is 10.2. The van der Waals surface area contributed by atoms with Gasteiger partial charge in [0.25, 0.3) is 5.91 Å². The quantitative estimate of drug-likeness (QED) is 0.589. The van der Waals surface area contributed by atoms with Crippen molar-refractivity contribution in [3.8, 4) is 0 Å². The monoisotopic (exact) mass is 468 g/mol. The van der Waals surface area contributed by atoms with Gasteiger partial charge in [0.15, 0.2) is 5.69 Å². The van der Waals surface area contributed by atoms with Crippen LogP contribution >= 0.6 is 0 Å². The molecule has 32 heavy (non-hydrogen) atoms. The highest BCUT2D eigenvalue weighted by Gasteiger charge is 2.36. The van der Waals surface area contributed by atoms with Crippen molar-refractivity contribution in [3.05, 3.63) is 17.5 Å². The molecule has 0 bridgehead atoms. The van der Waals surface area contributed by atoms with E-state index in [0.29, 0.717) is 37.6 Å². The molecule has 0 spiro atoms. The minimum atomic E-state index is -3.32. The first kappa shape index (κ1) is 23.7. The maximum atomic E-state index is 13.1. The number of methoxy groups -OCH3 is 1. The maximum absolute atomic E-state index is 13.1. The predicted octanol–water partition coefficient (Wildman–Crippen LogP) is 1.82. The van der Waals surface area contributed by atoms with Crippen molar-refractivity contribution < 1.29 is 22.5 Å². The normalized spacial score (nSPS) is 26.3. The van der Waals surface area contributed by atoms with Gasteiger partial charge < -0.3 is 19.5 Å². The van der Waals surface area contributed by atoms with Gasteiger partial charge in [-0.15, -0.1) is 0 Å². The van der Waals surface area contributed by atoms with Gasteiger partial charge in [-0.05, 0) is 64.5 Å². The molecule has 1 N–H and O–H groups in total. The van der Waals surface area contributed by atoms with E-state index in [4.69, 9.17) is 9.26 Å². The van der Waals surface area contributed by atoms with Crippen LogP contribution in [-0.2, 0) is 14.8 Å². The highest BCUT2D eigenvalue weighted by atomic mass is 32.2. The first-order chi connectivity index (χ1) is 15.4. The van der Waals surface area contributed by atoms with E-state index in [0.717, 1.165) is 51.1 Å². The fourth-order valence-electron chi connectivity index (χ4n) is 4.90. The van der Waals surface area contributed by atoms with Gasteiger partial charge in [0.1, 0.15) is 5.76 Å². The van der Waals surface area contributed by atoms with Crippen LogP contribution < -0.4 is 5.32 Å². The van der Waals surface area contributed by atoms with Crippen LogP contribution in [0.15, 0.2) is 10.6 Å². The van der Waals surface area contributed by atoms with Crippen LogP contribution in [0.2, 0.25) is 0 Å². The van der Waals surface area contributed by atoms with E-state index in [1.54, 1.807) is 17.5 Å². The molecule has 10 heteroatoms. The number of likely N-dealkylation sites (tertiary alicyclic amines) is 1. The van der Waals surface area contributed by atoms with E-state index in [2.05, 4.69) is 15.4 Å². The predicted molar refractivity (Wildman–Crippen MR) is 120 cm³/mol. The fraction of sp³-hybridized carbons (Fsp3) is 0.818. The first-order valence-electron chi connectivity index (χ1n) is 11.8. The summed E-state index contributed by atoms with van der Waals surface area (Å²) in [7, 11) is -1.62. The average Bonchev–Trinajstić information content (AvgIpc) is 3.49. The summed E-state index contributed by atoms with van der Waals surface area (Å²) in [6.07, 6.45) is 5.21. The molecule has 1 saturated carbocycles. The van der Waals surface area contributed by atoms with Crippen LogP contribution in [-0.4, -0.2) is 86.4 Å². The Hall–Kier alpha value is -1.49. The number of amides is 1. The third-order valence-corrected chi connectivity index (χ3v) is 9.16. The van der Waals surface area contributed by atoms with Gasteiger partial charge in [-0.3, -0.25) is 4.79 Å². The van der Waals surface area contributed by atoms with E-state index in [1.807, 2.05) is 6.92 Å². The van der Waals surface area contributed by atoms with Crippen molar-refractivity contribution in [2.45, 2.75) is 63.5 Å². The van der Waals surface area contributed by atoms with Crippen LogP contribution in [0.3, 0.4) is 0 Å². The molecule has 0 unspecified atom stereocenters. The SMILES string of the molecule is COCCN1CCC(CS(=O)(=O)N2CC[C@@H](NC(=O)c3cc(C4CC4)on3)C[C@H]2C)CC1. The highest BCUT2D eigenvalue weighted by Crippen LogP contribution is 2.40. The molecule has 2 aliphatic heterocycles. The molecule has 1 aromatic heterocycles. The molecule has 3 heterocycles. The lowest BCUT2D eigenvalue weighted by atomic mass is 9.99. The van der Waals surface area contributed by atoms with Crippen LogP contribution in [0.4, 0.5) is 0 Å². The molecular formula is C22H36N4O5S. The Kier molecular flexibility index (Phi) is 7.54. The molecule has 3 aliphatic rings. The minimum absolute atomic E-state index is 0.0611. The summed E-state index contributed by atoms with van der Waals surface area (Å²) < 4.78 is 38.3. The van der Waals surface area contributed by atoms with Crippen molar-refractivity contribution in [3.63, 3.8) is 0 Å². The molecule has 1 aliphatic carbocycles. The minimum Gasteiger partial charge on any atom is -0.383 e. The van der Waals surface area contributed by atoms with E-state index >= 15 is 0 Å². The van der Waals surface area contributed by atoms with Gasteiger partial charge >= 0.3 is 0 Å². The third-order valence-electron chi connectivity index (χ3n) is 7.01. The fourth-order valence-corrected chi connectivity index (χ4v) is 7.04. The second-order valence-corrected chi connectivity index (χ2v) is 11.6. The van der Waals surface area contributed by atoms with Crippen molar-refractivity contribution in [1.82, 2.24) is 19.7 Å². The summed E-state index contributed by atoms with van der Waals surface area (Å²) in [6.45, 7) is 5.85. The Morgan fingerprint density at radius 1 is 1.22 bits per heavy atom. The number of nitrogens with zero attached hydrogens (tertiary/aromatic N) is 3. The van der Waals surface area contributed by atoms with Gasteiger partial charge in [0.05, 0.1) is 12.4 Å². The van der Waals surface area contributed by atoms with Crippen LogP contribution in [0.1, 0.15) is 67.6 Å². The van der Waals surface area contributed by atoms with Gasteiger partial charge in [0, 0.05) is 44.3 Å². The van der Waals surface area contributed by atoms with Crippen molar-refractivity contribution >= 4 is 15.9 Å². The Balaban J connectivity index is 1.24. The van der Waals surface area contributed by atoms with Crippen molar-refractivity contribution in [1.29, 1.82) is 0 Å². The number of hydrogen-bond acceptors (Lipinski definition) is 7. The zero-order valence-corrected chi connectivity index (χ0v) is 20.0. The molecular weight excluding hydrogens is 432 g/mol. The molecule has 9 nitrogen and oxygen atoms in total. The summed E-state index contributed by atoms with van der Waals surface area (Å²) in [6, 6.07) is 1.53. The number of piperidine rings is 2. The Labute approximate surface area is 190 Å². The molecule has 0 aromatic carbocycles. The zero-order valence-electron chi connectivity index (χ0n) is 19.2. The number of aromatic nitrogens is 1. The lowest BCUT2D eigenvalue weighted by Gasteiger charge is -2.38. The summed E-state index contributed by atoms with van der Waals surface area (Å²) in [5.41, 5.74) is 0.312. The molecule has 1 aromatic rings. The standard InChI is InChI=1S/C22H36N4O5S/c1-16-13-19(23-22(27)20-14-21(31-24-20)18-3-4-18)7-10-26(16)32(28,29)15-17-5-8-25(9-6-17)11-12-30-2/h14,16-19H,3-13,15H2,1-2H3,(H,23,27)/t16-,19-/m1/s1. The Bertz CT molecular complexity index is 877. The van der Waals surface area contributed by atoms with E-state index < -0.39 is 10.0 Å². The summed E-state index contributed by atoms with van der Waals surface area (Å²) in [5.74, 6) is 1.38. The number of rotatable bonds is 9. The highest BCUT2D eigenvalue weighted by molar-refractivity contribution is 7.89. The lowest BCUT2D eigenvalue weighted by Crippen LogP contribution is -2.52. The van der Waals surface area contributed by atoms with Gasteiger partial charge in [-0.2, -0.15) is 4.31 Å². The van der Waals surface area contributed by atoms with E-state index in [1.165, 1.54) is 0 Å². The largest absolute Gasteiger partial charge is 0.383 e. The summed E-state index contributed by atoms with van der Waals surface area (Å²) >= 11 is 0. The topological polar surface area (TPSA) is 105 Å². The lowest BCUT2D eigenvalue weighted by molar-refractivity contribution is 0.0905. The Morgan fingerprint density at radius 2 is 1.97 bits per heavy atom.